The van der Waals surface area contributed by atoms with Gasteiger partial charge in [0, 0.05) is 36.5 Å². The van der Waals surface area contributed by atoms with E-state index in [9.17, 15) is 9.59 Å². The number of rotatable bonds is 5. The number of carbonyl (C=O) groups excluding carboxylic acids is 2. The number of aromatic nitrogens is 1. The van der Waals surface area contributed by atoms with Crippen molar-refractivity contribution in [3.63, 3.8) is 0 Å². The lowest BCUT2D eigenvalue weighted by atomic mass is 10.0. The highest BCUT2D eigenvalue weighted by atomic mass is 16.6. The number of benzene rings is 2. The summed E-state index contributed by atoms with van der Waals surface area (Å²) in [5.41, 5.74) is 3.79. The number of hydrogen-bond acceptors (Lipinski definition) is 6. The summed E-state index contributed by atoms with van der Waals surface area (Å²) in [5, 5.41) is 1.03. The van der Waals surface area contributed by atoms with E-state index in [0.717, 1.165) is 71.5 Å². The van der Waals surface area contributed by atoms with Crippen molar-refractivity contribution in [2.24, 2.45) is 0 Å². The highest BCUT2D eigenvalue weighted by Crippen LogP contribution is 2.34. The molecule has 32 heavy (non-hydrogen) atoms. The minimum Gasteiger partial charge on any atom is -0.497 e. The van der Waals surface area contributed by atoms with Crippen LogP contribution in [-0.4, -0.2) is 43.6 Å². The van der Waals surface area contributed by atoms with Gasteiger partial charge in [-0.3, -0.25) is 4.90 Å². The number of pyridine rings is 1. The first-order valence-corrected chi connectivity index (χ1v) is 10.9. The lowest BCUT2D eigenvalue weighted by Crippen LogP contribution is -2.49. The fraction of sp³-hybridized carbons (Fsp3) is 0.320. The summed E-state index contributed by atoms with van der Waals surface area (Å²) in [7, 11) is 1.63. The molecule has 0 N–H and O–H groups in total. The number of aldehydes is 1. The SMILES string of the molecule is COc1ccc2c(c1)COC(=O)N2C1CCN(c2ccc3cc(CC=O)ccc3n2)CC1. The zero-order valence-electron chi connectivity index (χ0n) is 18.0. The van der Waals surface area contributed by atoms with Crippen LogP contribution >= 0.6 is 0 Å². The first kappa shape index (κ1) is 20.3. The molecule has 0 saturated carbocycles. The summed E-state index contributed by atoms with van der Waals surface area (Å²) in [6.45, 7) is 1.89. The molecular formula is C25H25N3O4. The van der Waals surface area contributed by atoms with Crippen LogP contribution < -0.4 is 14.5 Å². The fourth-order valence-electron chi connectivity index (χ4n) is 4.61. The molecule has 0 aliphatic carbocycles. The van der Waals surface area contributed by atoms with Crippen LogP contribution in [0.3, 0.4) is 0 Å². The van der Waals surface area contributed by atoms with E-state index in [1.165, 1.54) is 0 Å². The van der Waals surface area contributed by atoms with E-state index >= 15 is 0 Å². The number of ether oxygens (including phenoxy) is 2. The van der Waals surface area contributed by atoms with Crippen LogP contribution in [0.2, 0.25) is 0 Å². The third-order valence-corrected chi connectivity index (χ3v) is 6.31. The fourth-order valence-corrected chi connectivity index (χ4v) is 4.61. The molecule has 7 nitrogen and oxygen atoms in total. The van der Waals surface area contributed by atoms with E-state index < -0.39 is 0 Å². The molecule has 2 aromatic carbocycles. The highest BCUT2D eigenvalue weighted by Gasteiger charge is 2.34. The minimum atomic E-state index is -0.281. The van der Waals surface area contributed by atoms with Crippen LogP contribution in [0.4, 0.5) is 16.3 Å². The van der Waals surface area contributed by atoms with Gasteiger partial charge in [-0.05, 0) is 60.9 Å². The normalized spacial score (nSPS) is 16.6. The van der Waals surface area contributed by atoms with Crippen LogP contribution in [0, 0.1) is 0 Å². The van der Waals surface area contributed by atoms with Gasteiger partial charge in [-0.2, -0.15) is 0 Å². The van der Waals surface area contributed by atoms with E-state index in [0.29, 0.717) is 6.42 Å². The molecular weight excluding hydrogens is 406 g/mol. The summed E-state index contributed by atoms with van der Waals surface area (Å²) in [5.74, 6) is 1.70. The van der Waals surface area contributed by atoms with E-state index in [2.05, 4.69) is 11.0 Å². The second-order valence-electron chi connectivity index (χ2n) is 8.20. The van der Waals surface area contributed by atoms with Gasteiger partial charge in [0.25, 0.3) is 0 Å². The molecule has 2 aliphatic rings. The first-order chi connectivity index (χ1) is 15.7. The molecule has 1 aromatic heterocycles. The van der Waals surface area contributed by atoms with Crippen molar-refractivity contribution in [2.45, 2.75) is 31.9 Å². The zero-order valence-corrected chi connectivity index (χ0v) is 18.0. The number of hydrogen-bond donors (Lipinski definition) is 0. The molecule has 0 radical (unpaired) electrons. The number of fused-ring (bicyclic) bond motifs is 2. The quantitative estimate of drug-likeness (QED) is 0.566. The Hall–Kier alpha value is -3.61. The zero-order chi connectivity index (χ0) is 22.1. The van der Waals surface area contributed by atoms with E-state index in [4.69, 9.17) is 14.5 Å². The van der Waals surface area contributed by atoms with Crippen molar-refractivity contribution >= 4 is 34.8 Å². The van der Waals surface area contributed by atoms with Crippen LogP contribution in [0.1, 0.15) is 24.0 Å². The molecule has 2 aliphatic heterocycles. The van der Waals surface area contributed by atoms with Gasteiger partial charge in [0.2, 0.25) is 0 Å². The average molecular weight is 431 g/mol. The summed E-state index contributed by atoms with van der Waals surface area (Å²) in [4.78, 5) is 32.3. The third kappa shape index (κ3) is 3.75. The number of piperidine rings is 1. The molecule has 1 saturated heterocycles. The Labute approximate surface area is 186 Å². The van der Waals surface area contributed by atoms with Gasteiger partial charge in [0.1, 0.15) is 24.5 Å². The standard InChI is InChI=1S/C25H25N3O4/c1-31-21-4-6-23-19(15-21)16-32-25(30)28(23)20-8-11-27(12-9-20)24-7-3-18-14-17(10-13-29)2-5-22(18)26-24/h2-7,13-15,20H,8-12,16H2,1H3. The molecule has 5 rings (SSSR count). The Kier molecular flexibility index (Phi) is 5.39. The molecule has 0 unspecified atom stereocenters. The molecule has 0 spiro atoms. The summed E-state index contributed by atoms with van der Waals surface area (Å²) >= 11 is 0. The van der Waals surface area contributed by atoms with Crippen molar-refractivity contribution in [2.75, 3.05) is 30.0 Å². The second kappa shape index (κ2) is 8.49. The van der Waals surface area contributed by atoms with Gasteiger partial charge in [-0.1, -0.05) is 6.07 Å². The van der Waals surface area contributed by atoms with Crippen molar-refractivity contribution in [1.29, 1.82) is 0 Å². The number of anilines is 2. The van der Waals surface area contributed by atoms with Crippen molar-refractivity contribution in [3.05, 3.63) is 59.7 Å². The number of carbonyl (C=O) groups is 2. The second-order valence-corrected chi connectivity index (χ2v) is 8.20. The number of nitrogens with zero attached hydrogens (tertiary/aromatic N) is 3. The van der Waals surface area contributed by atoms with Crippen molar-refractivity contribution < 1.29 is 19.1 Å². The number of amides is 1. The monoisotopic (exact) mass is 431 g/mol. The Balaban J connectivity index is 1.31. The molecule has 1 amide bonds. The molecule has 7 heteroatoms. The van der Waals surface area contributed by atoms with E-state index in [1.807, 2.05) is 42.5 Å². The lowest BCUT2D eigenvalue weighted by Gasteiger charge is -2.40. The molecule has 3 heterocycles. The van der Waals surface area contributed by atoms with Crippen molar-refractivity contribution in [3.8, 4) is 5.75 Å². The number of cyclic esters (lactones) is 1. The summed E-state index contributed by atoms with van der Waals surface area (Å²) in [6.07, 6.45) is 2.72. The Bertz CT molecular complexity index is 1170. The van der Waals surface area contributed by atoms with Gasteiger partial charge < -0.3 is 19.2 Å². The van der Waals surface area contributed by atoms with Gasteiger partial charge in [0.15, 0.2) is 0 Å². The maximum atomic E-state index is 12.6. The lowest BCUT2D eigenvalue weighted by molar-refractivity contribution is -0.107. The predicted molar refractivity (Wildman–Crippen MR) is 122 cm³/mol. The van der Waals surface area contributed by atoms with Crippen LogP contribution in [-0.2, 0) is 22.6 Å². The largest absolute Gasteiger partial charge is 0.497 e. The van der Waals surface area contributed by atoms with Gasteiger partial charge in [-0.25, -0.2) is 9.78 Å². The molecule has 1 fully saturated rings. The Morgan fingerprint density at radius 1 is 1.12 bits per heavy atom. The van der Waals surface area contributed by atoms with Gasteiger partial charge in [0.05, 0.1) is 18.3 Å². The van der Waals surface area contributed by atoms with Crippen molar-refractivity contribution in [1.82, 2.24) is 4.98 Å². The third-order valence-electron chi connectivity index (χ3n) is 6.31. The Morgan fingerprint density at radius 3 is 2.75 bits per heavy atom. The van der Waals surface area contributed by atoms with E-state index in [-0.39, 0.29) is 18.7 Å². The highest BCUT2D eigenvalue weighted by molar-refractivity contribution is 5.91. The predicted octanol–water partition coefficient (Wildman–Crippen LogP) is 4.11. The maximum Gasteiger partial charge on any atom is 0.414 e. The number of methoxy groups -OCH3 is 1. The summed E-state index contributed by atoms with van der Waals surface area (Å²) < 4.78 is 10.8. The topological polar surface area (TPSA) is 72.0 Å². The van der Waals surface area contributed by atoms with E-state index in [1.54, 1.807) is 12.0 Å². The molecule has 0 bridgehead atoms. The van der Waals surface area contributed by atoms with Crippen LogP contribution in [0.15, 0.2) is 48.5 Å². The maximum absolute atomic E-state index is 12.6. The molecule has 0 atom stereocenters. The smallest absolute Gasteiger partial charge is 0.414 e. The van der Waals surface area contributed by atoms with Gasteiger partial charge in [-0.15, -0.1) is 0 Å². The first-order valence-electron chi connectivity index (χ1n) is 10.9. The molecule has 3 aromatic rings. The summed E-state index contributed by atoms with van der Waals surface area (Å²) in [6, 6.07) is 15.9. The minimum absolute atomic E-state index is 0.0811. The average Bonchev–Trinajstić information content (AvgIpc) is 2.84. The van der Waals surface area contributed by atoms with Crippen LogP contribution in [0.5, 0.6) is 5.75 Å². The molecule has 164 valence electrons. The van der Waals surface area contributed by atoms with Crippen LogP contribution in [0.25, 0.3) is 10.9 Å². The Morgan fingerprint density at radius 2 is 1.97 bits per heavy atom. The van der Waals surface area contributed by atoms with Gasteiger partial charge >= 0.3 is 6.09 Å².